The number of pyridine rings is 1. The van der Waals surface area contributed by atoms with E-state index in [-0.39, 0.29) is 5.56 Å². The van der Waals surface area contributed by atoms with Crippen LogP contribution in [0.4, 0.5) is 10.8 Å². The maximum absolute atomic E-state index is 12.2. The molecule has 1 fully saturated rings. The van der Waals surface area contributed by atoms with E-state index in [9.17, 15) is 4.79 Å². The highest BCUT2D eigenvalue weighted by atomic mass is 32.1. The van der Waals surface area contributed by atoms with E-state index in [1.165, 1.54) is 21.5 Å². The second-order valence-electron chi connectivity index (χ2n) is 7.03. The zero-order valence-electron chi connectivity index (χ0n) is 15.7. The fraction of sp³-hybridized carbons (Fsp3) is 0.474. The summed E-state index contributed by atoms with van der Waals surface area (Å²) in [5.41, 5.74) is 1.97. The zero-order valence-corrected chi connectivity index (χ0v) is 16.5. The Kier molecular flexibility index (Phi) is 5.07. The van der Waals surface area contributed by atoms with Crippen LogP contribution in [0.2, 0.25) is 0 Å². The first-order valence-electron chi connectivity index (χ1n) is 9.40. The number of hydrogen-bond acceptors (Lipinski definition) is 7. The fourth-order valence-electron chi connectivity index (χ4n) is 3.58. The summed E-state index contributed by atoms with van der Waals surface area (Å²) in [6.45, 7) is 5.07. The van der Waals surface area contributed by atoms with Gasteiger partial charge in [0.25, 0.3) is 5.56 Å². The highest BCUT2D eigenvalue weighted by Gasteiger charge is 2.22. The fourth-order valence-corrected chi connectivity index (χ4v) is 4.47. The molecule has 4 heterocycles. The van der Waals surface area contributed by atoms with Crippen LogP contribution in [0.3, 0.4) is 0 Å². The van der Waals surface area contributed by atoms with Gasteiger partial charge in [0.05, 0.1) is 0 Å². The van der Waals surface area contributed by atoms with Crippen molar-refractivity contribution in [1.29, 1.82) is 0 Å². The Hall–Kier alpha value is -2.48. The summed E-state index contributed by atoms with van der Waals surface area (Å²) in [4.78, 5) is 26.1. The van der Waals surface area contributed by atoms with Gasteiger partial charge >= 0.3 is 0 Å². The number of rotatable bonds is 5. The van der Waals surface area contributed by atoms with Crippen LogP contribution in [-0.2, 0) is 6.42 Å². The quantitative estimate of drug-likeness (QED) is 0.673. The van der Waals surface area contributed by atoms with Gasteiger partial charge in [-0.05, 0) is 37.3 Å². The molecule has 4 rings (SSSR count). The molecule has 27 heavy (non-hydrogen) atoms. The highest BCUT2D eigenvalue weighted by Crippen LogP contribution is 2.26. The van der Waals surface area contributed by atoms with E-state index in [4.69, 9.17) is 0 Å². The Balaban J connectivity index is 1.41. The van der Waals surface area contributed by atoms with Crippen molar-refractivity contribution in [2.24, 2.45) is 5.92 Å². The molecular weight excluding hydrogens is 360 g/mol. The van der Waals surface area contributed by atoms with Gasteiger partial charge in [-0.2, -0.15) is 4.52 Å². The summed E-state index contributed by atoms with van der Waals surface area (Å²) in [5, 5.41) is 5.34. The predicted molar refractivity (Wildman–Crippen MR) is 109 cm³/mol. The number of aryl methyl sites for hydroxylation is 1. The zero-order chi connectivity index (χ0) is 18.8. The van der Waals surface area contributed by atoms with E-state index in [0.29, 0.717) is 10.9 Å². The SMILES string of the molecule is CCc1cc(=O)n2nc(N(C)CC3CCN(c4ccncc4)CC3)sc2n1. The molecule has 0 saturated carbocycles. The smallest absolute Gasteiger partial charge is 0.275 e. The maximum Gasteiger partial charge on any atom is 0.275 e. The molecule has 1 saturated heterocycles. The molecule has 0 aliphatic carbocycles. The summed E-state index contributed by atoms with van der Waals surface area (Å²) in [7, 11) is 2.05. The molecule has 3 aromatic heterocycles. The third kappa shape index (κ3) is 3.80. The molecule has 0 N–H and O–H groups in total. The van der Waals surface area contributed by atoms with Crippen LogP contribution in [0.5, 0.6) is 0 Å². The van der Waals surface area contributed by atoms with Gasteiger partial charge in [0.2, 0.25) is 10.1 Å². The standard InChI is InChI=1S/C19H24N6OS/c1-3-15-12-17(26)25-18(21-15)27-19(22-25)23(2)13-14-6-10-24(11-7-14)16-4-8-20-9-5-16/h4-5,8-9,12,14H,3,6-7,10-11,13H2,1-2H3. The van der Waals surface area contributed by atoms with Gasteiger partial charge in [0.15, 0.2) is 0 Å². The number of fused-ring (bicyclic) bond motifs is 1. The van der Waals surface area contributed by atoms with Gasteiger partial charge in [-0.1, -0.05) is 18.3 Å². The Morgan fingerprint density at radius 2 is 2.00 bits per heavy atom. The summed E-state index contributed by atoms with van der Waals surface area (Å²) < 4.78 is 1.42. The first kappa shape index (κ1) is 17.9. The lowest BCUT2D eigenvalue weighted by Crippen LogP contribution is -2.37. The van der Waals surface area contributed by atoms with Crippen molar-refractivity contribution >= 4 is 27.1 Å². The normalized spacial score (nSPS) is 15.4. The van der Waals surface area contributed by atoms with Crippen molar-refractivity contribution in [1.82, 2.24) is 19.6 Å². The molecular formula is C19H24N6OS. The van der Waals surface area contributed by atoms with E-state index in [0.717, 1.165) is 49.7 Å². The largest absolute Gasteiger partial charge is 0.371 e. The molecule has 0 atom stereocenters. The summed E-state index contributed by atoms with van der Waals surface area (Å²) in [6, 6.07) is 5.72. The van der Waals surface area contributed by atoms with Gasteiger partial charge in [-0.25, -0.2) is 4.98 Å². The topological polar surface area (TPSA) is 66.6 Å². The lowest BCUT2D eigenvalue weighted by molar-refractivity contribution is 0.408. The van der Waals surface area contributed by atoms with Crippen LogP contribution in [0.15, 0.2) is 35.4 Å². The van der Waals surface area contributed by atoms with Crippen molar-refractivity contribution < 1.29 is 0 Å². The monoisotopic (exact) mass is 384 g/mol. The van der Waals surface area contributed by atoms with Gasteiger partial charge < -0.3 is 9.80 Å². The Bertz CT molecular complexity index is 961. The van der Waals surface area contributed by atoms with Gasteiger partial charge in [-0.15, -0.1) is 5.10 Å². The average molecular weight is 385 g/mol. The van der Waals surface area contributed by atoms with Gasteiger partial charge in [-0.3, -0.25) is 9.78 Å². The minimum absolute atomic E-state index is 0.0987. The van der Waals surface area contributed by atoms with Crippen LogP contribution >= 0.6 is 11.3 Å². The summed E-state index contributed by atoms with van der Waals surface area (Å²) in [6.07, 6.45) is 6.75. The molecule has 0 unspecified atom stereocenters. The van der Waals surface area contributed by atoms with Crippen LogP contribution < -0.4 is 15.4 Å². The van der Waals surface area contributed by atoms with E-state index in [1.54, 1.807) is 6.07 Å². The minimum atomic E-state index is -0.0987. The molecule has 7 nitrogen and oxygen atoms in total. The second-order valence-corrected chi connectivity index (χ2v) is 7.97. The van der Waals surface area contributed by atoms with Crippen LogP contribution in [0.1, 0.15) is 25.5 Å². The van der Waals surface area contributed by atoms with Gasteiger partial charge in [0.1, 0.15) is 0 Å². The van der Waals surface area contributed by atoms with E-state index in [2.05, 4.69) is 44.0 Å². The predicted octanol–water partition coefficient (Wildman–Crippen LogP) is 2.46. The summed E-state index contributed by atoms with van der Waals surface area (Å²) in [5.74, 6) is 0.621. The number of nitrogens with zero attached hydrogens (tertiary/aromatic N) is 6. The maximum atomic E-state index is 12.2. The Morgan fingerprint density at radius 1 is 1.26 bits per heavy atom. The van der Waals surface area contributed by atoms with E-state index >= 15 is 0 Å². The Morgan fingerprint density at radius 3 is 2.70 bits per heavy atom. The average Bonchev–Trinajstić information content (AvgIpc) is 3.14. The first-order chi connectivity index (χ1) is 13.1. The highest BCUT2D eigenvalue weighted by molar-refractivity contribution is 7.20. The molecule has 0 aromatic carbocycles. The molecule has 1 aliphatic rings. The molecule has 0 radical (unpaired) electrons. The van der Waals surface area contributed by atoms with Gasteiger partial charge in [0, 0.05) is 56.5 Å². The molecule has 0 amide bonds. The van der Waals surface area contributed by atoms with E-state index in [1.807, 2.05) is 19.3 Å². The first-order valence-corrected chi connectivity index (χ1v) is 10.2. The van der Waals surface area contributed by atoms with Crippen molar-refractivity contribution in [3.8, 4) is 0 Å². The lowest BCUT2D eigenvalue weighted by Gasteiger charge is -2.35. The number of aromatic nitrogens is 4. The molecule has 0 spiro atoms. The molecule has 1 aliphatic heterocycles. The molecule has 8 heteroatoms. The number of piperidine rings is 1. The second kappa shape index (κ2) is 7.64. The van der Waals surface area contributed by atoms with Crippen LogP contribution in [0.25, 0.3) is 4.96 Å². The third-order valence-corrected chi connectivity index (χ3v) is 6.17. The van der Waals surface area contributed by atoms with Crippen LogP contribution in [0, 0.1) is 5.92 Å². The number of anilines is 2. The van der Waals surface area contributed by atoms with Crippen LogP contribution in [-0.4, -0.2) is 46.3 Å². The van der Waals surface area contributed by atoms with Crippen molar-refractivity contribution in [2.75, 3.05) is 36.5 Å². The summed E-state index contributed by atoms with van der Waals surface area (Å²) >= 11 is 1.48. The van der Waals surface area contributed by atoms with Crippen molar-refractivity contribution in [2.45, 2.75) is 26.2 Å². The third-order valence-electron chi connectivity index (χ3n) is 5.15. The number of hydrogen-bond donors (Lipinski definition) is 0. The Labute approximate surface area is 162 Å². The van der Waals surface area contributed by atoms with Crippen molar-refractivity contribution in [3.63, 3.8) is 0 Å². The minimum Gasteiger partial charge on any atom is -0.371 e. The lowest BCUT2D eigenvalue weighted by atomic mass is 9.96. The molecule has 0 bridgehead atoms. The van der Waals surface area contributed by atoms with E-state index < -0.39 is 0 Å². The molecule has 3 aromatic rings. The van der Waals surface area contributed by atoms with Crippen molar-refractivity contribution in [3.05, 3.63) is 46.6 Å². The molecule has 142 valence electrons.